The van der Waals surface area contributed by atoms with E-state index in [1.807, 2.05) is 0 Å². The predicted octanol–water partition coefficient (Wildman–Crippen LogP) is 3.37. The van der Waals surface area contributed by atoms with Gasteiger partial charge in [0.25, 0.3) is 0 Å². The van der Waals surface area contributed by atoms with E-state index in [0.29, 0.717) is 5.92 Å². The maximum atomic E-state index is 11.5. The van der Waals surface area contributed by atoms with Gasteiger partial charge >= 0.3 is 0 Å². The van der Waals surface area contributed by atoms with Gasteiger partial charge in [0.15, 0.2) is 0 Å². The molecule has 0 amide bonds. The van der Waals surface area contributed by atoms with Crippen LogP contribution in [-0.2, 0) is 0 Å². The Balaban J connectivity index is 2.15. The fourth-order valence-corrected chi connectivity index (χ4v) is 7.29. The van der Waals surface area contributed by atoms with Gasteiger partial charge < -0.3 is 15.3 Å². The van der Waals surface area contributed by atoms with E-state index in [0.717, 1.165) is 64.2 Å². The molecule has 27 heavy (non-hydrogen) atoms. The number of aliphatic hydroxyl groups excluding tert-OH is 2. The SMILES string of the molecule is BC1(C)CCCC2(O)CCC(C)(CO)C3C(O)CCC[C@@](C)(S)CC1C3C2. The molecule has 7 unspecified atom stereocenters. The van der Waals surface area contributed by atoms with Gasteiger partial charge in [-0.1, -0.05) is 38.9 Å². The summed E-state index contributed by atoms with van der Waals surface area (Å²) in [5.41, 5.74) is -0.976. The average Bonchev–Trinajstić information content (AvgIpc) is 2.64. The summed E-state index contributed by atoms with van der Waals surface area (Å²) < 4.78 is -0.0459. The van der Waals surface area contributed by atoms with Crippen molar-refractivity contribution in [2.75, 3.05) is 6.61 Å². The van der Waals surface area contributed by atoms with Gasteiger partial charge in [0.1, 0.15) is 7.85 Å². The summed E-state index contributed by atoms with van der Waals surface area (Å²) in [6.07, 6.45) is 8.70. The van der Waals surface area contributed by atoms with Gasteiger partial charge in [0, 0.05) is 11.4 Å². The number of thiol groups is 1. The quantitative estimate of drug-likeness (QED) is 0.406. The van der Waals surface area contributed by atoms with Crippen molar-refractivity contribution in [1.82, 2.24) is 0 Å². The molecular formula is C22H41BO3S. The topological polar surface area (TPSA) is 60.7 Å². The van der Waals surface area contributed by atoms with Crippen molar-refractivity contribution in [1.29, 1.82) is 0 Å². The zero-order chi connectivity index (χ0) is 20.1. The Kier molecular flexibility index (Phi) is 6.13. The molecule has 3 aliphatic carbocycles. The molecule has 3 aliphatic rings. The molecule has 5 heteroatoms. The third-order valence-corrected chi connectivity index (χ3v) is 9.08. The van der Waals surface area contributed by atoms with Crippen molar-refractivity contribution in [3.8, 4) is 0 Å². The molecule has 8 atom stereocenters. The Hall–Kier alpha value is 0.295. The number of rotatable bonds is 1. The molecule has 0 heterocycles. The molecule has 0 saturated heterocycles. The molecule has 3 rings (SSSR count). The molecule has 0 aromatic carbocycles. The minimum atomic E-state index is -0.647. The van der Waals surface area contributed by atoms with Crippen molar-refractivity contribution in [3.63, 3.8) is 0 Å². The van der Waals surface area contributed by atoms with E-state index in [-0.39, 0.29) is 33.9 Å². The Bertz CT molecular complexity index is 540. The van der Waals surface area contributed by atoms with Crippen molar-refractivity contribution in [2.45, 2.75) is 107 Å². The van der Waals surface area contributed by atoms with Gasteiger partial charge in [-0.25, -0.2) is 0 Å². The van der Waals surface area contributed by atoms with Gasteiger partial charge in [0.2, 0.25) is 0 Å². The van der Waals surface area contributed by atoms with E-state index in [1.54, 1.807) is 0 Å². The molecule has 0 aliphatic heterocycles. The van der Waals surface area contributed by atoms with Crippen LogP contribution in [0.3, 0.4) is 0 Å². The van der Waals surface area contributed by atoms with E-state index in [4.69, 9.17) is 12.6 Å². The van der Waals surface area contributed by atoms with Crippen LogP contribution >= 0.6 is 12.6 Å². The molecule has 0 radical (unpaired) electrons. The number of fused-ring (bicyclic) bond motifs is 1. The third-order valence-electron chi connectivity index (χ3n) is 8.68. The first-order chi connectivity index (χ1) is 12.4. The fraction of sp³-hybridized carbons (Fsp3) is 1.00. The highest BCUT2D eigenvalue weighted by molar-refractivity contribution is 7.81. The molecule has 2 bridgehead atoms. The molecule has 3 nitrogen and oxygen atoms in total. The lowest BCUT2D eigenvalue weighted by Crippen LogP contribution is -2.48. The standard InChI is InChI=1S/C22H41BO3S/c1-19(14-24)10-11-22(26)9-5-8-21(3,23)16-13-20(2,27)7-4-6-17(25)18(19)15(16)12-22/h15-18,24-27H,4-14,23H2,1-3H3/t15?,16?,17?,18?,19?,20-,21?,22?/m1/s1. The molecule has 0 spiro atoms. The lowest BCUT2D eigenvalue weighted by Gasteiger charge is -2.51. The van der Waals surface area contributed by atoms with Crippen LogP contribution in [0.4, 0.5) is 0 Å². The molecule has 3 saturated carbocycles. The Labute approximate surface area is 172 Å². The minimum Gasteiger partial charge on any atom is -0.396 e. The summed E-state index contributed by atoms with van der Waals surface area (Å²) in [5, 5.41) is 33.4. The highest BCUT2D eigenvalue weighted by Gasteiger charge is 2.55. The average molecular weight is 396 g/mol. The fourth-order valence-electron chi connectivity index (χ4n) is 6.94. The number of hydrogen-bond donors (Lipinski definition) is 4. The molecule has 3 N–H and O–H groups in total. The van der Waals surface area contributed by atoms with Gasteiger partial charge in [-0.3, -0.25) is 0 Å². The van der Waals surface area contributed by atoms with Crippen LogP contribution in [-0.4, -0.2) is 46.2 Å². The summed E-state index contributed by atoms with van der Waals surface area (Å²) in [4.78, 5) is 0. The van der Waals surface area contributed by atoms with Crippen molar-refractivity contribution in [3.05, 3.63) is 0 Å². The largest absolute Gasteiger partial charge is 0.396 e. The minimum absolute atomic E-state index is 0.0427. The summed E-state index contributed by atoms with van der Waals surface area (Å²) >= 11 is 5.06. The van der Waals surface area contributed by atoms with Crippen molar-refractivity contribution < 1.29 is 15.3 Å². The van der Waals surface area contributed by atoms with Crippen molar-refractivity contribution >= 4 is 20.5 Å². The van der Waals surface area contributed by atoms with Gasteiger partial charge in [-0.2, -0.15) is 12.6 Å². The zero-order valence-corrected chi connectivity index (χ0v) is 18.8. The van der Waals surface area contributed by atoms with Gasteiger partial charge in [-0.15, -0.1) is 0 Å². The highest BCUT2D eigenvalue weighted by Crippen LogP contribution is 2.60. The lowest BCUT2D eigenvalue weighted by atomic mass is 9.49. The number of aliphatic hydroxyl groups is 3. The van der Waals surface area contributed by atoms with Crippen LogP contribution in [0, 0.1) is 23.2 Å². The Morgan fingerprint density at radius 2 is 1.70 bits per heavy atom. The second-order valence-electron chi connectivity index (χ2n) is 11.5. The first-order valence-corrected chi connectivity index (χ1v) is 11.6. The number of hydrogen-bond acceptors (Lipinski definition) is 4. The second kappa shape index (κ2) is 7.52. The van der Waals surface area contributed by atoms with E-state index < -0.39 is 11.7 Å². The van der Waals surface area contributed by atoms with Crippen LogP contribution < -0.4 is 0 Å². The normalized spacial score (nSPS) is 54.6. The molecule has 0 aromatic heterocycles. The summed E-state index contributed by atoms with van der Waals surface area (Å²) in [5.74, 6) is 0.666. The predicted molar refractivity (Wildman–Crippen MR) is 117 cm³/mol. The second-order valence-corrected chi connectivity index (χ2v) is 12.6. The van der Waals surface area contributed by atoms with Gasteiger partial charge in [-0.05, 0) is 74.5 Å². The van der Waals surface area contributed by atoms with E-state index >= 15 is 0 Å². The summed E-state index contributed by atoms with van der Waals surface area (Å²) in [7, 11) is 2.38. The first kappa shape index (κ1) is 22.0. The van der Waals surface area contributed by atoms with Crippen LogP contribution in [0.5, 0.6) is 0 Å². The van der Waals surface area contributed by atoms with Crippen LogP contribution in [0.1, 0.15) is 85.0 Å². The highest BCUT2D eigenvalue weighted by atomic mass is 32.1. The maximum absolute atomic E-state index is 11.5. The lowest BCUT2D eigenvalue weighted by molar-refractivity contribution is -0.0730. The van der Waals surface area contributed by atoms with E-state index in [1.165, 1.54) is 0 Å². The molecular weight excluding hydrogens is 355 g/mol. The van der Waals surface area contributed by atoms with E-state index in [2.05, 4.69) is 28.6 Å². The first-order valence-electron chi connectivity index (χ1n) is 11.2. The summed E-state index contributed by atoms with van der Waals surface area (Å²) in [6.45, 7) is 6.88. The van der Waals surface area contributed by atoms with Gasteiger partial charge in [0.05, 0.1) is 11.7 Å². The van der Waals surface area contributed by atoms with Crippen LogP contribution in [0.2, 0.25) is 5.31 Å². The van der Waals surface area contributed by atoms with Crippen LogP contribution in [0.15, 0.2) is 0 Å². The smallest absolute Gasteiger partial charge is 0.109 e. The maximum Gasteiger partial charge on any atom is 0.109 e. The Morgan fingerprint density at radius 1 is 1.00 bits per heavy atom. The summed E-state index contributed by atoms with van der Waals surface area (Å²) in [6, 6.07) is 0. The molecule has 156 valence electrons. The van der Waals surface area contributed by atoms with E-state index in [9.17, 15) is 15.3 Å². The van der Waals surface area contributed by atoms with Crippen molar-refractivity contribution in [2.24, 2.45) is 23.2 Å². The monoisotopic (exact) mass is 396 g/mol. The molecule has 3 fully saturated rings. The zero-order valence-electron chi connectivity index (χ0n) is 17.9. The molecule has 0 aromatic rings. The van der Waals surface area contributed by atoms with Crippen LogP contribution in [0.25, 0.3) is 0 Å². The Morgan fingerprint density at radius 3 is 2.37 bits per heavy atom. The third kappa shape index (κ3) is 4.41.